The first-order valence-electron chi connectivity index (χ1n) is 5.35. The molecule has 2 rings (SSSR count). The second kappa shape index (κ2) is 5.43. The lowest BCUT2D eigenvalue weighted by Gasteiger charge is -2.11. The third-order valence-electron chi connectivity index (χ3n) is 2.56. The maximum absolute atomic E-state index is 13.2. The molecule has 0 spiro atoms. The zero-order valence-electron chi connectivity index (χ0n) is 9.08. The Hall–Kier alpha value is -1.19. The van der Waals surface area contributed by atoms with Gasteiger partial charge < -0.3 is 4.74 Å². The van der Waals surface area contributed by atoms with Crippen molar-refractivity contribution in [1.82, 2.24) is 0 Å². The molecule has 17 heavy (non-hydrogen) atoms. The lowest BCUT2D eigenvalue weighted by atomic mass is 10.2. The van der Waals surface area contributed by atoms with Crippen LogP contribution in [-0.4, -0.2) is 12.7 Å². The predicted octanol–water partition coefficient (Wildman–Crippen LogP) is 3.21. The summed E-state index contributed by atoms with van der Waals surface area (Å²) in [4.78, 5) is 13.6. The van der Waals surface area contributed by atoms with E-state index in [1.165, 1.54) is 31.1 Å². The van der Waals surface area contributed by atoms with Crippen molar-refractivity contribution >= 4 is 22.0 Å². The first kappa shape index (κ1) is 12.3. The van der Waals surface area contributed by atoms with Crippen molar-refractivity contribution in [2.75, 3.05) is 6.61 Å². The molecule has 3 nitrogen and oxygen atoms in total. The third kappa shape index (κ3) is 3.38. The number of carbonyl (C=O) groups excluding carboxylic acids is 1. The molecule has 0 atom stereocenters. The van der Waals surface area contributed by atoms with Crippen LogP contribution < -0.4 is 4.74 Å². The van der Waals surface area contributed by atoms with E-state index >= 15 is 0 Å². The molecule has 0 heterocycles. The van der Waals surface area contributed by atoms with Crippen LogP contribution in [0.5, 0.6) is 5.75 Å². The zero-order chi connectivity index (χ0) is 12.3. The minimum Gasteiger partial charge on any atom is -0.492 e. The maximum atomic E-state index is 13.2. The molecule has 1 aromatic rings. The van der Waals surface area contributed by atoms with Gasteiger partial charge in [-0.3, -0.25) is 0 Å². The maximum Gasteiger partial charge on any atom is 0.235 e. The van der Waals surface area contributed by atoms with Crippen LogP contribution in [0.25, 0.3) is 0 Å². The van der Waals surface area contributed by atoms with Crippen molar-refractivity contribution < 1.29 is 13.9 Å². The van der Waals surface area contributed by atoms with Gasteiger partial charge in [0.15, 0.2) is 0 Å². The molecule has 90 valence electrons. The van der Waals surface area contributed by atoms with Crippen molar-refractivity contribution in [3.63, 3.8) is 0 Å². The Labute approximate surface area is 107 Å². The molecule has 1 aliphatic rings. The molecular formula is C12H11BrFNO2. The summed E-state index contributed by atoms with van der Waals surface area (Å²) in [5.74, 6) is 0.790. The van der Waals surface area contributed by atoms with E-state index in [-0.39, 0.29) is 12.4 Å². The molecule has 0 N–H and O–H groups in total. The fourth-order valence-electron chi connectivity index (χ4n) is 1.50. The summed E-state index contributed by atoms with van der Waals surface area (Å²) in [6.07, 6.45) is 3.80. The Morgan fingerprint density at radius 3 is 2.94 bits per heavy atom. The fourth-order valence-corrected chi connectivity index (χ4v) is 2.08. The largest absolute Gasteiger partial charge is 0.492 e. The lowest BCUT2D eigenvalue weighted by Crippen LogP contribution is -2.03. The highest BCUT2D eigenvalue weighted by atomic mass is 79.9. The summed E-state index contributed by atoms with van der Waals surface area (Å²) in [5.41, 5.74) is 0.556. The number of aliphatic imine (C=N–C) groups is 1. The molecule has 1 fully saturated rings. The number of hydrogen-bond acceptors (Lipinski definition) is 3. The fraction of sp³-hybridized carbons (Fsp3) is 0.417. The molecular weight excluding hydrogens is 289 g/mol. The first-order valence-corrected chi connectivity index (χ1v) is 6.14. The van der Waals surface area contributed by atoms with Gasteiger partial charge in [-0.25, -0.2) is 14.2 Å². The monoisotopic (exact) mass is 299 g/mol. The van der Waals surface area contributed by atoms with E-state index in [1.54, 1.807) is 0 Å². The average molecular weight is 300 g/mol. The van der Waals surface area contributed by atoms with E-state index in [2.05, 4.69) is 20.9 Å². The topological polar surface area (TPSA) is 38.7 Å². The van der Waals surface area contributed by atoms with Crippen molar-refractivity contribution in [3.8, 4) is 5.75 Å². The number of isocyanates is 1. The second-order valence-electron chi connectivity index (χ2n) is 4.04. The lowest BCUT2D eigenvalue weighted by molar-refractivity contribution is 0.294. The Balaban J connectivity index is 2.21. The van der Waals surface area contributed by atoms with Crippen LogP contribution in [0.1, 0.15) is 18.4 Å². The summed E-state index contributed by atoms with van der Waals surface area (Å²) in [6, 6.07) is 2.67. The molecule has 1 aromatic carbocycles. The van der Waals surface area contributed by atoms with Crippen LogP contribution in [0.2, 0.25) is 0 Å². The van der Waals surface area contributed by atoms with Crippen LogP contribution in [0, 0.1) is 11.7 Å². The Morgan fingerprint density at radius 2 is 2.29 bits per heavy atom. The molecule has 1 saturated carbocycles. The SMILES string of the molecule is O=C=NCc1cc(F)cc(Br)c1OCC1CC1. The van der Waals surface area contributed by atoms with Crippen LogP contribution in [-0.2, 0) is 11.3 Å². The standard InChI is InChI=1S/C12H11BrFNO2/c13-11-4-10(14)3-9(5-15-7-16)12(11)17-6-8-1-2-8/h3-4,8H,1-2,5-6H2. The van der Waals surface area contributed by atoms with E-state index < -0.39 is 0 Å². The highest BCUT2D eigenvalue weighted by Gasteiger charge is 2.23. The van der Waals surface area contributed by atoms with Gasteiger partial charge in [-0.1, -0.05) is 0 Å². The summed E-state index contributed by atoms with van der Waals surface area (Å²) in [5, 5.41) is 0. The summed E-state index contributed by atoms with van der Waals surface area (Å²) in [6.45, 7) is 0.710. The zero-order valence-corrected chi connectivity index (χ0v) is 10.7. The number of hydrogen-bond donors (Lipinski definition) is 0. The number of rotatable bonds is 5. The minimum absolute atomic E-state index is 0.0832. The van der Waals surface area contributed by atoms with E-state index in [1.807, 2.05) is 0 Å². The van der Waals surface area contributed by atoms with Crippen molar-refractivity contribution in [2.45, 2.75) is 19.4 Å². The molecule has 0 unspecified atom stereocenters. The van der Waals surface area contributed by atoms with Gasteiger partial charge >= 0.3 is 0 Å². The van der Waals surface area contributed by atoms with Gasteiger partial charge in [0.2, 0.25) is 6.08 Å². The Kier molecular flexibility index (Phi) is 3.92. The van der Waals surface area contributed by atoms with Gasteiger partial charge in [0.1, 0.15) is 11.6 Å². The second-order valence-corrected chi connectivity index (χ2v) is 4.89. The third-order valence-corrected chi connectivity index (χ3v) is 3.15. The Bertz CT molecular complexity index is 468. The highest BCUT2D eigenvalue weighted by molar-refractivity contribution is 9.10. The quantitative estimate of drug-likeness (QED) is 0.618. The number of halogens is 2. The summed E-state index contributed by atoms with van der Waals surface area (Å²) >= 11 is 3.26. The van der Waals surface area contributed by atoms with Gasteiger partial charge in [-0.15, -0.1) is 0 Å². The van der Waals surface area contributed by atoms with Gasteiger partial charge in [0, 0.05) is 5.56 Å². The average Bonchev–Trinajstić information content (AvgIpc) is 3.08. The molecule has 0 saturated heterocycles. The van der Waals surface area contributed by atoms with Gasteiger partial charge in [-0.05, 0) is 46.8 Å². The summed E-state index contributed by atoms with van der Waals surface area (Å²) in [7, 11) is 0. The van der Waals surface area contributed by atoms with E-state index in [4.69, 9.17) is 4.74 Å². The number of ether oxygens (including phenoxy) is 1. The van der Waals surface area contributed by atoms with Gasteiger partial charge in [-0.2, -0.15) is 0 Å². The molecule has 0 amide bonds. The van der Waals surface area contributed by atoms with Crippen molar-refractivity contribution in [1.29, 1.82) is 0 Å². The van der Waals surface area contributed by atoms with E-state index in [0.717, 1.165) is 0 Å². The van der Waals surface area contributed by atoms with Gasteiger partial charge in [0.05, 0.1) is 17.6 Å². The van der Waals surface area contributed by atoms with Gasteiger partial charge in [0.25, 0.3) is 0 Å². The first-order chi connectivity index (χ1) is 8.20. The Morgan fingerprint density at radius 1 is 1.53 bits per heavy atom. The molecule has 1 aliphatic carbocycles. The smallest absolute Gasteiger partial charge is 0.235 e. The molecule has 5 heteroatoms. The van der Waals surface area contributed by atoms with Crippen LogP contribution in [0.4, 0.5) is 4.39 Å². The number of benzene rings is 1. The normalized spacial score (nSPS) is 14.2. The molecule has 0 aromatic heterocycles. The predicted molar refractivity (Wildman–Crippen MR) is 64.1 cm³/mol. The highest BCUT2D eigenvalue weighted by Crippen LogP contribution is 2.34. The van der Waals surface area contributed by atoms with Crippen molar-refractivity contribution in [2.24, 2.45) is 10.9 Å². The van der Waals surface area contributed by atoms with Crippen LogP contribution in [0.15, 0.2) is 21.6 Å². The van der Waals surface area contributed by atoms with Crippen LogP contribution >= 0.6 is 15.9 Å². The van der Waals surface area contributed by atoms with E-state index in [0.29, 0.717) is 28.3 Å². The molecule has 0 aliphatic heterocycles. The minimum atomic E-state index is -0.383. The van der Waals surface area contributed by atoms with Crippen molar-refractivity contribution in [3.05, 3.63) is 28.0 Å². The van der Waals surface area contributed by atoms with Crippen LogP contribution in [0.3, 0.4) is 0 Å². The summed E-state index contributed by atoms with van der Waals surface area (Å²) < 4.78 is 19.4. The molecule has 0 radical (unpaired) electrons. The number of nitrogens with zero attached hydrogens (tertiary/aromatic N) is 1. The molecule has 0 bridgehead atoms. The van der Waals surface area contributed by atoms with E-state index in [9.17, 15) is 9.18 Å².